The van der Waals surface area contributed by atoms with Crippen LogP contribution >= 0.6 is 9.39 Å². The minimum atomic E-state index is 0.398. The number of hydrogen-bond donors (Lipinski definition) is 0. The third-order valence-corrected chi connectivity index (χ3v) is 2.63. The molecule has 92 valence electrons. The summed E-state index contributed by atoms with van der Waals surface area (Å²) in [6.45, 7) is 18.6. The SMILES string of the molecule is CC(C)CN(P)CC(C)(C)CC(C)(C)C. The van der Waals surface area contributed by atoms with Gasteiger partial charge < -0.3 is 0 Å². The molecule has 0 aliphatic carbocycles. The summed E-state index contributed by atoms with van der Waals surface area (Å²) < 4.78 is 2.39. The van der Waals surface area contributed by atoms with E-state index in [9.17, 15) is 0 Å². The highest BCUT2D eigenvalue weighted by Crippen LogP contribution is 2.34. The zero-order chi connectivity index (χ0) is 12.3. The molecule has 0 saturated carbocycles. The van der Waals surface area contributed by atoms with Crippen LogP contribution in [-0.4, -0.2) is 17.8 Å². The van der Waals surface area contributed by atoms with Crippen molar-refractivity contribution in [1.29, 1.82) is 0 Å². The van der Waals surface area contributed by atoms with Gasteiger partial charge in [0.25, 0.3) is 0 Å². The van der Waals surface area contributed by atoms with Crippen LogP contribution in [-0.2, 0) is 0 Å². The summed E-state index contributed by atoms with van der Waals surface area (Å²) >= 11 is 0. The minimum Gasteiger partial charge on any atom is -0.287 e. The molecule has 0 spiro atoms. The fourth-order valence-corrected chi connectivity index (χ4v) is 3.49. The molecule has 0 aromatic carbocycles. The van der Waals surface area contributed by atoms with Crippen molar-refractivity contribution in [2.24, 2.45) is 16.7 Å². The van der Waals surface area contributed by atoms with Crippen LogP contribution in [0.5, 0.6) is 0 Å². The first-order chi connectivity index (χ1) is 6.52. The van der Waals surface area contributed by atoms with Crippen molar-refractivity contribution >= 4 is 9.39 Å². The van der Waals surface area contributed by atoms with Gasteiger partial charge in [0.15, 0.2) is 0 Å². The van der Waals surface area contributed by atoms with E-state index in [0.717, 1.165) is 19.0 Å². The van der Waals surface area contributed by atoms with Gasteiger partial charge in [-0.3, -0.25) is 4.67 Å². The zero-order valence-corrected chi connectivity index (χ0v) is 12.9. The Kier molecular flexibility index (Phi) is 5.79. The molecule has 0 saturated heterocycles. The molecule has 0 amide bonds. The lowest BCUT2D eigenvalue weighted by Gasteiger charge is -2.36. The van der Waals surface area contributed by atoms with Crippen molar-refractivity contribution < 1.29 is 0 Å². The van der Waals surface area contributed by atoms with Gasteiger partial charge in [0.05, 0.1) is 0 Å². The first kappa shape index (κ1) is 15.4. The van der Waals surface area contributed by atoms with E-state index in [0.29, 0.717) is 10.8 Å². The average Bonchev–Trinajstić information content (AvgIpc) is 1.73. The molecule has 0 aliphatic rings. The van der Waals surface area contributed by atoms with E-state index in [-0.39, 0.29) is 0 Å². The van der Waals surface area contributed by atoms with Crippen LogP contribution in [0.15, 0.2) is 0 Å². The quantitative estimate of drug-likeness (QED) is 0.641. The van der Waals surface area contributed by atoms with Crippen molar-refractivity contribution in [3.05, 3.63) is 0 Å². The van der Waals surface area contributed by atoms with Gasteiger partial charge in [0, 0.05) is 13.1 Å². The number of hydrogen-bond acceptors (Lipinski definition) is 1. The van der Waals surface area contributed by atoms with Gasteiger partial charge in [-0.1, -0.05) is 57.9 Å². The van der Waals surface area contributed by atoms with Crippen molar-refractivity contribution in [1.82, 2.24) is 4.67 Å². The largest absolute Gasteiger partial charge is 0.287 e. The normalized spacial score (nSPS) is 14.0. The zero-order valence-electron chi connectivity index (χ0n) is 11.7. The molecule has 0 rings (SSSR count). The van der Waals surface area contributed by atoms with Crippen LogP contribution in [0.2, 0.25) is 0 Å². The molecule has 0 N–H and O–H groups in total. The summed E-state index contributed by atoms with van der Waals surface area (Å²) in [4.78, 5) is 0. The van der Waals surface area contributed by atoms with E-state index in [1.165, 1.54) is 6.42 Å². The molecule has 15 heavy (non-hydrogen) atoms. The van der Waals surface area contributed by atoms with E-state index in [4.69, 9.17) is 0 Å². The maximum atomic E-state index is 2.87. The molecule has 2 heteroatoms. The molecular formula is C13H30NP. The molecule has 1 nitrogen and oxygen atoms in total. The van der Waals surface area contributed by atoms with Gasteiger partial charge in [-0.2, -0.15) is 0 Å². The Labute approximate surface area is 99.3 Å². The fourth-order valence-electron chi connectivity index (χ4n) is 2.57. The van der Waals surface area contributed by atoms with Crippen molar-refractivity contribution in [2.45, 2.75) is 54.9 Å². The van der Waals surface area contributed by atoms with Crippen LogP contribution in [0.4, 0.5) is 0 Å². The predicted octanol–water partition coefficient (Wildman–Crippen LogP) is 4.20. The molecular weight excluding hydrogens is 201 g/mol. The Hall–Kier alpha value is 0.390. The number of rotatable bonds is 5. The Morgan fingerprint density at radius 2 is 1.53 bits per heavy atom. The Balaban J connectivity index is 4.13. The molecule has 0 radical (unpaired) electrons. The number of nitrogens with zero attached hydrogens (tertiary/aromatic N) is 1. The second kappa shape index (κ2) is 5.64. The third-order valence-electron chi connectivity index (χ3n) is 2.24. The maximum Gasteiger partial charge on any atom is 0.00678 e. The van der Waals surface area contributed by atoms with Gasteiger partial charge in [0.1, 0.15) is 0 Å². The lowest BCUT2D eigenvalue weighted by Crippen LogP contribution is -2.33. The smallest absolute Gasteiger partial charge is 0.00678 e. The van der Waals surface area contributed by atoms with Gasteiger partial charge >= 0.3 is 0 Å². The molecule has 0 bridgehead atoms. The van der Waals surface area contributed by atoms with Gasteiger partial charge in [0.2, 0.25) is 0 Å². The monoisotopic (exact) mass is 231 g/mol. The van der Waals surface area contributed by atoms with E-state index in [1.54, 1.807) is 0 Å². The molecule has 1 unspecified atom stereocenters. The highest BCUT2D eigenvalue weighted by atomic mass is 31.0. The summed E-state index contributed by atoms with van der Waals surface area (Å²) in [7, 11) is 2.87. The highest BCUT2D eigenvalue weighted by Gasteiger charge is 2.26. The molecule has 0 fully saturated rings. The van der Waals surface area contributed by atoms with Gasteiger partial charge in [-0.05, 0) is 23.2 Å². The molecule has 0 aromatic heterocycles. The first-order valence-corrected chi connectivity index (χ1v) is 6.53. The van der Waals surface area contributed by atoms with Crippen molar-refractivity contribution in [2.75, 3.05) is 13.1 Å². The lowest BCUT2D eigenvalue weighted by atomic mass is 9.76. The predicted molar refractivity (Wildman–Crippen MR) is 74.0 cm³/mol. The Morgan fingerprint density at radius 3 is 1.87 bits per heavy atom. The summed E-state index contributed by atoms with van der Waals surface area (Å²) in [5, 5.41) is 0. The summed E-state index contributed by atoms with van der Waals surface area (Å²) in [6, 6.07) is 0. The molecule has 1 atom stereocenters. The Bertz CT molecular complexity index is 179. The van der Waals surface area contributed by atoms with E-state index < -0.39 is 0 Å². The Morgan fingerprint density at radius 1 is 1.07 bits per heavy atom. The van der Waals surface area contributed by atoms with Crippen molar-refractivity contribution in [3.8, 4) is 0 Å². The first-order valence-electron chi connectivity index (χ1n) is 6.01. The molecule has 0 aliphatic heterocycles. The van der Waals surface area contributed by atoms with Crippen LogP contribution in [0.25, 0.3) is 0 Å². The maximum absolute atomic E-state index is 2.87. The van der Waals surface area contributed by atoms with Gasteiger partial charge in [-0.25, -0.2) is 0 Å². The highest BCUT2D eigenvalue weighted by molar-refractivity contribution is 7.13. The lowest BCUT2D eigenvalue weighted by molar-refractivity contribution is 0.173. The minimum absolute atomic E-state index is 0.398. The summed E-state index contributed by atoms with van der Waals surface area (Å²) in [5.41, 5.74) is 0.821. The molecule has 0 heterocycles. The van der Waals surface area contributed by atoms with Crippen LogP contribution in [0.3, 0.4) is 0 Å². The third kappa shape index (κ3) is 9.33. The second-order valence-corrected chi connectivity index (χ2v) is 7.96. The standard InChI is InChI=1S/C13H30NP/c1-11(2)8-14(15)10-13(6,7)9-12(3,4)5/h11H,8-10,15H2,1-7H3. The van der Waals surface area contributed by atoms with Crippen LogP contribution in [0.1, 0.15) is 54.9 Å². The molecule has 0 aromatic rings. The van der Waals surface area contributed by atoms with Crippen LogP contribution in [0, 0.1) is 16.7 Å². The summed E-state index contributed by atoms with van der Waals surface area (Å²) in [6.07, 6.45) is 1.27. The average molecular weight is 231 g/mol. The van der Waals surface area contributed by atoms with Crippen LogP contribution < -0.4 is 0 Å². The van der Waals surface area contributed by atoms with E-state index in [2.05, 4.69) is 62.5 Å². The fraction of sp³-hybridized carbons (Fsp3) is 1.00. The van der Waals surface area contributed by atoms with Gasteiger partial charge in [-0.15, -0.1) is 0 Å². The van der Waals surface area contributed by atoms with E-state index in [1.807, 2.05) is 0 Å². The van der Waals surface area contributed by atoms with E-state index >= 15 is 0 Å². The summed E-state index contributed by atoms with van der Waals surface area (Å²) in [5.74, 6) is 0.743. The second-order valence-electron chi connectivity index (χ2n) is 7.22. The topological polar surface area (TPSA) is 3.24 Å². The van der Waals surface area contributed by atoms with Crippen molar-refractivity contribution in [3.63, 3.8) is 0 Å².